The van der Waals surface area contributed by atoms with Gasteiger partial charge >= 0.3 is 0 Å². The van der Waals surface area contributed by atoms with Crippen LogP contribution in [0.3, 0.4) is 0 Å². The van der Waals surface area contributed by atoms with E-state index in [-0.39, 0.29) is 5.75 Å². The Bertz CT molecular complexity index is 897. The Morgan fingerprint density at radius 3 is 2.68 bits per heavy atom. The third-order valence-corrected chi connectivity index (χ3v) is 3.82. The Kier molecular flexibility index (Phi) is 5.10. The van der Waals surface area contributed by atoms with Crippen molar-refractivity contribution in [3.8, 4) is 28.8 Å². The van der Waals surface area contributed by atoms with Gasteiger partial charge in [0.25, 0.3) is 0 Å². The fourth-order valence-corrected chi connectivity index (χ4v) is 2.47. The highest BCUT2D eigenvalue weighted by Crippen LogP contribution is 2.27. The number of para-hydroxylation sites is 1. The Labute approximate surface area is 146 Å². The van der Waals surface area contributed by atoms with Gasteiger partial charge in [0.15, 0.2) is 11.6 Å². The maximum absolute atomic E-state index is 14.3. The topological polar surface area (TPSA) is 50.8 Å². The van der Waals surface area contributed by atoms with Crippen molar-refractivity contribution in [1.29, 1.82) is 5.26 Å². The highest BCUT2D eigenvalue weighted by molar-refractivity contribution is 5.67. The molecular formula is C20H18FN3O. The van der Waals surface area contributed by atoms with E-state index in [9.17, 15) is 9.65 Å². The summed E-state index contributed by atoms with van der Waals surface area (Å²) in [6.45, 7) is 2.54. The van der Waals surface area contributed by atoms with Crippen LogP contribution in [0.5, 0.6) is 5.75 Å². The monoisotopic (exact) mass is 335 g/mol. The van der Waals surface area contributed by atoms with Crippen LogP contribution in [0.25, 0.3) is 16.9 Å². The molecule has 0 unspecified atom stereocenters. The van der Waals surface area contributed by atoms with Crippen molar-refractivity contribution in [3.63, 3.8) is 0 Å². The van der Waals surface area contributed by atoms with Gasteiger partial charge in [0, 0.05) is 11.8 Å². The summed E-state index contributed by atoms with van der Waals surface area (Å²) >= 11 is 0. The van der Waals surface area contributed by atoms with E-state index in [0.717, 1.165) is 18.5 Å². The van der Waals surface area contributed by atoms with Gasteiger partial charge in [-0.15, -0.1) is 0 Å². The van der Waals surface area contributed by atoms with E-state index in [1.165, 1.54) is 6.07 Å². The van der Waals surface area contributed by atoms with E-state index in [2.05, 4.69) is 18.1 Å². The molecule has 5 heteroatoms. The van der Waals surface area contributed by atoms with Crippen LogP contribution in [0.2, 0.25) is 0 Å². The lowest BCUT2D eigenvalue weighted by molar-refractivity contribution is 0.294. The minimum absolute atomic E-state index is 0.221. The summed E-state index contributed by atoms with van der Waals surface area (Å²) in [5, 5.41) is 13.8. The molecule has 0 saturated carbocycles. The largest absolute Gasteiger partial charge is 0.491 e. The third kappa shape index (κ3) is 3.69. The standard InChI is InChI=1S/C20H18FN3O/c1-2-3-11-25-19-10-9-15(12-18(19)21)20-16(13-22)14-24(23-20)17-7-5-4-6-8-17/h4-10,12,14H,2-3,11H2,1H3. The van der Waals surface area contributed by atoms with Gasteiger partial charge in [-0.1, -0.05) is 31.5 Å². The predicted octanol–water partition coefficient (Wildman–Crippen LogP) is 4.73. The summed E-state index contributed by atoms with van der Waals surface area (Å²) in [7, 11) is 0. The Morgan fingerprint density at radius 2 is 2.00 bits per heavy atom. The van der Waals surface area contributed by atoms with Crippen LogP contribution in [0, 0.1) is 17.1 Å². The Balaban J connectivity index is 1.93. The maximum atomic E-state index is 14.3. The number of nitrogens with zero attached hydrogens (tertiary/aromatic N) is 3. The smallest absolute Gasteiger partial charge is 0.165 e. The molecule has 0 aliphatic carbocycles. The number of rotatable bonds is 6. The Hall–Kier alpha value is -3.13. The van der Waals surface area contributed by atoms with Crippen molar-refractivity contribution in [2.24, 2.45) is 0 Å². The second kappa shape index (κ2) is 7.63. The van der Waals surface area contributed by atoms with Gasteiger partial charge in [-0.3, -0.25) is 0 Å². The molecule has 4 nitrogen and oxygen atoms in total. The Morgan fingerprint density at radius 1 is 1.20 bits per heavy atom. The predicted molar refractivity (Wildman–Crippen MR) is 94.1 cm³/mol. The molecule has 1 aromatic heterocycles. The summed E-state index contributed by atoms with van der Waals surface area (Å²) in [4.78, 5) is 0. The molecule has 0 aliphatic rings. The van der Waals surface area contributed by atoms with Gasteiger partial charge in [0.1, 0.15) is 11.8 Å². The zero-order valence-corrected chi connectivity index (χ0v) is 13.9. The van der Waals surface area contributed by atoms with Crippen molar-refractivity contribution in [1.82, 2.24) is 9.78 Å². The second-order valence-corrected chi connectivity index (χ2v) is 5.63. The number of nitriles is 1. The third-order valence-electron chi connectivity index (χ3n) is 3.82. The molecule has 0 N–H and O–H groups in total. The van der Waals surface area contributed by atoms with Crippen LogP contribution < -0.4 is 4.74 Å². The molecule has 3 aromatic rings. The highest BCUT2D eigenvalue weighted by Gasteiger charge is 2.14. The minimum atomic E-state index is -0.452. The summed E-state index contributed by atoms with van der Waals surface area (Å²) in [5.41, 5.74) is 2.23. The fourth-order valence-electron chi connectivity index (χ4n) is 2.47. The summed E-state index contributed by atoms with van der Waals surface area (Å²) in [5.74, 6) is -0.232. The zero-order valence-electron chi connectivity index (χ0n) is 13.9. The molecule has 2 aromatic carbocycles. The van der Waals surface area contributed by atoms with Crippen LogP contribution in [0.1, 0.15) is 25.3 Å². The van der Waals surface area contributed by atoms with E-state index in [1.807, 2.05) is 30.3 Å². The molecule has 1 heterocycles. The van der Waals surface area contributed by atoms with Gasteiger partial charge in [0.2, 0.25) is 0 Å². The number of hydrogen-bond acceptors (Lipinski definition) is 3. The SMILES string of the molecule is CCCCOc1ccc(-c2nn(-c3ccccc3)cc2C#N)cc1F. The number of ether oxygens (including phenoxy) is 1. The van der Waals surface area contributed by atoms with Crippen molar-refractivity contribution >= 4 is 0 Å². The quantitative estimate of drug-likeness (QED) is 0.612. The lowest BCUT2D eigenvalue weighted by Gasteiger charge is -2.07. The average Bonchev–Trinajstić information content (AvgIpc) is 3.08. The lowest BCUT2D eigenvalue weighted by Crippen LogP contribution is -1.99. The van der Waals surface area contributed by atoms with Crippen molar-refractivity contribution < 1.29 is 9.13 Å². The molecule has 0 fully saturated rings. The normalized spacial score (nSPS) is 10.4. The number of unbranched alkanes of at least 4 members (excludes halogenated alkanes) is 1. The molecular weight excluding hydrogens is 317 g/mol. The molecule has 0 saturated heterocycles. The van der Waals surface area contributed by atoms with Crippen molar-refractivity contribution in [3.05, 3.63) is 66.1 Å². The van der Waals surface area contributed by atoms with E-state index >= 15 is 0 Å². The van der Waals surface area contributed by atoms with Crippen LogP contribution in [0.15, 0.2) is 54.7 Å². The minimum Gasteiger partial charge on any atom is -0.491 e. The first-order valence-corrected chi connectivity index (χ1v) is 8.21. The van der Waals surface area contributed by atoms with E-state index in [1.54, 1.807) is 23.0 Å². The molecule has 0 spiro atoms. The van der Waals surface area contributed by atoms with Gasteiger partial charge in [0.05, 0.1) is 17.9 Å². The van der Waals surface area contributed by atoms with Gasteiger partial charge in [-0.25, -0.2) is 9.07 Å². The first kappa shape index (κ1) is 16.7. The fraction of sp³-hybridized carbons (Fsp3) is 0.200. The first-order valence-electron chi connectivity index (χ1n) is 8.21. The van der Waals surface area contributed by atoms with Crippen LogP contribution in [0.4, 0.5) is 4.39 Å². The van der Waals surface area contributed by atoms with E-state index < -0.39 is 5.82 Å². The summed E-state index contributed by atoms with van der Waals surface area (Å²) < 4.78 is 21.3. The molecule has 0 aliphatic heterocycles. The molecule has 0 bridgehead atoms. The number of halogens is 1. The van der Waals surface area contributed by atoms with Crippen LogP contribution in [-0.4, -0.2) is 16.4 Å². The van der Waals surface area contributed by atoms with Gasteiger partial charge < -0.3 is 4.74 Å². The van der Waals surface area contributed by atoms with Crippen LogP contribution >= 0.6 is 0 Å². The summed E-state index contributed by atoms with van der Waals surface area (Å²) in [6.07, 6.45) is 3.51. The second-order valence-electron chi connectivity index (χ2n) is 5.63. The van der Waals surface area contributed by atoms with Gasteiger partial charge in [-0.05, 0) is 36.8 Å². The molecule has 3 rings (SSSR count). The van der Waals surface area contributed by atoms with Crippen LogP contribution in [-0.2, 0) is 0 Å². The summed E-state index contributed by atoms with van der Waals surface area (Å²) in [6, 6.07) is 16.3. The number of aromatic nitrogens is 2. The zero-order chi connectivity index (χ0) is 17.6. The maximum Gasteiger partial charge on any atom is 0.165 e. The average molecular weight is 335 g/mol. The highest BCUT2D eigenvalue weighted by atomic mass is 19.1. The molecule has 126 valence electrons. The number of hydrogen-bond donors (Lipinski definition) is 0. The van der Waals surface area contributed by atoms with Gasteiger partial charge in [-0.2, -0.15) is 10.4 Å². The van der Waals surface area contributed by atoms with E-state index in [4.69, 9.17) is 4.74 Å². The van der Waals surface area contributed by atoms with Crippen molar-refractivity contribution in [2.75, 3.05) is 6.61 Å². The molecule has 0 atom stereocenters. The molecule has 0 amide bonds. The molecule has 25 heavy (non-hydrogen) atoms. The number of benzene rings is 2. The van der Waals surface area contributed by atoms with E-state index in [0.29, 0.717) is 23.4 Å². The lowest BCUT2D eigenvalue weighted by atomic mass is 10.1. The first-order chi connectivity index (χ1) is 12.2. The molecule has 0 radical (unpaired) electrons. The van der Waals surface area contributed by atoms with Crippen molar-refractivity contribution in [2.45, 2.75) is 19.8 Å².